The van der Waals surface area contributed by atoms with E-state index in [4.69, 9.17) is 9.47 Å². The van der Waals surface area contributed by atoms with E-state index in [1.165, 1.54) is 12.1 Å². The predicted octanol–water partition coefficient (Wildman–Crippen LogP) is 3.31. The Morgan fingerprint density at radius 3 is 2.52 bits per heavy atom. The number of hydrogen-bond donors (Lipinski definition) is 0. The summed E-state index contributed by atoms with van der Waals surface area (Å²) in [6, 6.07) is 6.18. The number of hydrogen-bond acceptors (Lipinski definition) is 3. The Morgan fingerprint density at radius 2 is 1.95 bits per heavy atom. The third-order valence-electron chi connectivity index (χ3n) is 3.38. The van der Waals surface area contributed by atoms with Crippen molar-refractivity contribution in [3.63, 3.8) is 0 Å². The first-order valence-electron chi connectivity index (χ1n) is 7.08. The molecule has 1 heterocycles. The van der Waals surface area contributed by atoms with E-state index >= 15 is 0 Å². The van der Waals surface area contributed by atoms with Crippen molar-refractivity contribution in [3.05, 3.63) is 35.6 Å². The van der Waals surface area contributed by atoms with Gasteiger partial charge in [-0.15, -0.1) is 0 Å². The Bertz CT molecular complexity index is 509. The molecule has 0 aliphatic carbocycles. The summed E-state index contributed by atoms with van der Waals surface area (Å²) in [4.78, 5) is 13.8. The first kappa shape index (κ1) is 15.8. The Morgan fingerprint density at radius 1 is 1.33 bits per heavy atom. The minimum Gasteiger partial charge on any atom is -0.444 e. The van der Waals surface area contributed by atoms with Gasteiger partial charge < -0.3 is 14.4 Å². The van der Waals surface area contributed by atoms with Gasteiger partial charge in [0.15, 0.2) is 0 Å². The SMILES string of the molecule is CC(C)(C)OC(=O)N1CCOC(C)(c2ccc(F)cc2)C1. The standard InChI is InChI=1S/C16H22FNO3/c1-15(2,3)21-14(19)18-9-10-20-16(4,11-18)12-5-7-13(17)8-6-12/h5-8H,9-11H2,1-4H3. The van der Waals surface area contributed by atoms with Gasteiger partial charge in [0.2, 0.25) is 0 Å². The highest BCUT2D eigenvalue weighted by Gasteiger charge is 2.37. The molecular weight excluding hydrogens is 273 g/mol. The van der Waals surface area contributed by atoms with Gasteiger partial charge in [-0.3, -0.25) is 0 Å². The van der Waals surface area contributed by atoms with Gasteiger partial charge in [-0.1, -0.05) is 12.1 Å². The van der Waals surface area contributed by atoms with Gasteiger partial charge in [-0.25, -0.2) is 9.18 Å². The largest absolute Gasteiger partial charge is 0.444 e. The van der Waals surface area contributed by atoms with Crippen LogP contribution in [-0.4, -0.2) is 36.3 Å². The first-order valence-corrected chi connectivity index (χ1v) is 7.08. The quantitative estimate of drug-likeness (QED) is 0.798. The summed E-state index contributed by atoms with van der Waals surface area (Å²) >= 11 is 0. The Labute approximate surface area is 124 Å². The van der Waals surface area contributed by atoms with Crippen LogP contribution >= 0.6 is 0 Å². The van der Waals surface area contributed by atoms with E-state index in [0.29, 0.717) is 19.7 Å². The highest BCUT2D eigenvalue weighted by Crippen LogP contribution is 2.30. The molecule has 0 aromatic heterocycles. The lowest BCUT2D eigenvalue weighted by Crippen LogP contribution is -2.51. The molecule has 5 heteroatoms. The molecule has 116 valence electrons. The summed E-state index contributed by atoms with van der Waals surface area (Å²) in [6.45, 7) is 8.71. The molecule has 1 aliphatic heterocycles. The summed E-state index contributed by atoms with van der Waals surface area (Å²) in [6.07, 6.45) is -0.348. The fraction of sp³-hybridized carbons (Fsp3) is 0.562. The van der Waals surface area contributed by atoms with Crippen LogP contribution in [0.15, 0.2) is 24.3 Å². The lowest BCUT2D eigenvalue weighted by atomic mass is 9.94. The molecule has 1 amide bonds. The average molecular weight is 295 g/mol. The Hall–Kier alpha value is -1.62. The molecule has 1 aliphatic rings. The molecule has 0 saturated carbocycles. The molecule has 0 radical (unpaired) electrons. The summed E-state index contributed by atoms with van der Waals surface area (Å²) in [5.41, 5.74) is -0.331. The molecule has 21 heavy (non-hydrogen) atoms. The number of amides is 1. The van der Waals surface area contributed by atoms with Crippen molar-refractivity contribution in [2.75, 3.05) is 19.7 Å². The maximum absolute atomic E-state index is 13.0. The minimum atomic E-state index is -0.650. The highest BCUT2D eigenvalue weighted by molar-refractivity contribution is 5.68. The smallest absolute Gasteiger partial charge is 0.410 e. The van der Waals surface area contributed by atoms with Crippen LogP contribution in [-0.2, 0) is 15.1 Å². The third-order valence-corrected chi connectivity index (χ3v) is 3.38. The monoisotopic (exact) mass is 295 g/mol. The average Bonchev–Trinajstić information content (AvgIpc) is 2.37. The van der Waals surface area contributed by atoms with E-state index in [1.54, 1.807) is 17.0 Å². The summed E-state index contributed by atoms with van der Waals surface area (Å²) in [5, 5.41) is 0. The van der Waals surface area contributed by atoms with Crippen LogP contribution in [0.3, 0.4) is 0 Å². The number of carbonyl (C=O) groups excluding carboxylic acids is 1. The molecule has 0 N–H and O–H groups in total. The van der Waals surface area contributed by atoms with Crippen LogP contribution in [0.5, 0.6) is 0 Å². The van der Waals surface area contributed by atoms with Crippen LogP contribution in [0.1, 0.15) is 33.3 Å². The summed E-state index contributed by atoms with van der Waals surface area (Å²) in [7, 11) is 0. The van der Waals surface area contributed by atoms with E-state index in [9.17, 15) is 9.18 Å². The number of benzene rings is 1. The second-order valence-corrected chi connectivity index (χ2v) is 6.49. The van der Waals surface area contributed by atoms with Crippen molar-refractivity contribution in [1.82, 2.24) is 4.90 Å². The van der Waals surface area contributed by atoms with Crippen molar-refractivity contribution >= 4 is 6.09 Å². The highest BCUT2D eigenvalue weighted by atomic mass is 19.1. The van der Waals surface area contributed by atoms with Crippen molar-refractivity contribution in [2.45, 2.75) is 38.9 Å². The lowest BCUT2D eigenvalue weighted by Gasteiger charge is -2.41. The van der Waals surface area contributed by atoms with Gasteiger partial charge in [0.05, 0.1) is 13.2 Å². The number of morpholine rings is 1. The van der Waals surface area contributed by atoms with Crippen molar-refractivity contribution in [1.29, 1.82) is 0 Å². The Balaban J connectivity index is 2.12. The van der Waals surface area contributed by atoms with Crippen LogP contribution < -0.4 is 0 Å². The van der Waals surface area contributed by atoms with Gasteiger partial charge in [-0.2, -0.15) is 0 Å². The van der Waals surface area contributed by atoms with Crippen molar-refractivity contribution < 1.29 is 18.7 Å². The topological polar surface area (TPSA) is 38.8 Å². The summed E-state index contributed by atoms with van der Waals surface area (Å²) in [5.74, 6) is -0.290. The van der Waals surface area contributed by atoms with Gasteiger partial charge in [0.1, 0.15) is 17.0 Å². The number of nitrogens with zero attached hydrogens (tertiary/aromatic N) is 1. The fourth-order valence-corrected chi connectivity index (χ4v) is 2.33. The molecule has 2 rings (SSSR count). The van der Waals surface area contributed by atoms with E-state index < -0.39 is 11.2 Å². The molecule has 1 atom stereocenters. The van der Waals surface area contributed by atoms with Crippen molar-refractivity contribution in [3.8, 4) is 0 Å². The predicted molar refractivity (Wildman–Crippen MR) is 77.5 cm³/mol. The van der Waals surface area contributed by atoms with Gasteiger partial charge >= 0.3 is 6.09 Å². The second-order valence-electron chi connectivity index (χ2n) is 6.49. The maximum Gasteiger partial charge on any atom is 0.410 e. The zero-order valence-corrected chi connectivity index (χ0v) is 13.0. The molecule has 0 bridgehead atoms. The van der Waals surface area contributed by atoms with Crippen LogP contribution in [0.25, 0.3) is 0 Å². The van der Waals surface area contributed by atoms with Crippen LogP contribution in [0, 0.1) is 5.82 Å². The number of halogens is 1. The number of carbonyl (C=O) groups is 1. The lowest BCUT2D eigenvalue weighted by molar-refractivity contribution is -0.103. The molecule has 1 fully saturated rings. The zero-order valence-electron chi connectivity index (χ0n) is 13.0. The Kier molecular flexibility index (Phi) is 4.23. The molecule has 1 aromatic rings. The molecular formula is C16H22FNO3. The minimum absolute atomic E-state index is 0.290. The van der Waals surface area contributed by atoms with Gasteiger partial charge in [-0.05, 0) is 45.4 Å². The first-order chi connectivity index (χ1) is 9.70. The second kappa shape index (κ2) is 5.64. The third kappa shape index (κ3) is 3.94. The van der Waals surface area contributed by atoms with Crippen LogP contribution in [0.2, 0.25) is 0 Å². The normalized spacial score (nSPS) is 23.0. The molecule has 4 nitrogen and oxygen atoms in total. The van der Waals surface area contributed by atoms with E-state index in [0.717, 1.165) is 5.56 Å². The van der Waals surface area contributed by atoms with Gasteiger partial charge in [0.25, 0.3) is 0 Å². The van der Waals surface area contributed by atoms with Gasteiger partial charge in [0, 0.05) is 6.54 Å². The number of rotatable bonds is 1. The zero-order chi connectivity index (χ0) is 15.7. The molecule has 0 spiro atoms. The van der Waals surface area contributed by atoms with Crippen molar-refractivity contribution in [2.24, 2.45) is 0 Å². The molecule has 1 saturated heterocycles. The maximum atomic E-state index is 13.0. The van der Waals surface area contributed by atoms with E-state index in [1.807, 2.05) is 27.7 Å². The molecule has 1 aromatic carbocycles. The van der Waals surface area contributed by atoms with E-state index in [-0.39, 0.29) is 11.9 Å². The summed E-state index contributed by atoms with van der Waals surface area (Å²) < 4.78 is 24.3. The molecule has 1 unspecified atom stereocenters. The van der Waals surface area contributed by atoms with E-state index in [2.05, 4.69) is 0 Å². The van der Waals surface area contributed by atoms with Crippen LogP contribution in [0.4, 0.5) is 9.18 Å². The number of ether oxygens (including phenoxy) is 2. The fourth-order valence-electron chi connectivity index (χ4n) is 2.33.